The van der Waals surface area contributed by atoms with Gasteiger partial charge in [-0.3, -0.25) is 0 Å². The summed E-state index contributed by atoms with van der Waals surface area (Å²) in [6.45, 7) is 5.98. The number of hydrogen-bond acceptors (Lipinski definition) is 12. The van der Waals surface area contributed by atoms with E-state index in [2.05, 4.69) is 42.8 Å². The van der Waals surface area contributed by atoms with E-state index in [0.717, 1.165) is 60.3 Å². The summed E-state index contributed by atoms with van der Waals surface area (Å²) in [5.41, 5.74) is 2.64. The summed E-state index contributed by atoms with van der Waals surface area (Å²) in [5, 5.41) is 10.5. The Morgan fingerprint density at radius 2 is 1.70 bits per heavy atom. The van der Waals surface area contributed by atoms with Gasteiger partial charge in [-0.25, -0.2) is 19.7 Å². The Hall–Kier alpha value is -4.92. The lowest BCUT2D eigenvalue weighted by Gasteiger charge is -2.32. The Morgan fingerprint density at radius 1 is 0.872 bits per heavy atom. The molecule has 1 fully saturated rings. The van der Waals surface area contributed by atoms with Gasteiger partial charge in [-0.15, -0.1) is 0 Å². The molecule has 246 valence electrons. The normalized spacial score (nSPS) is 13.8. The third-order valence-corrected chi connectivity index (χ3v) is 8.86. The number of thiazole rings is 1. The van der Waals surface area contributed by atoms with Gasteiger partial charge in [-0.1, -0.05) is 11.3 Å². The molecule has 0 radical (unpaired) electrons. The van der Waals surface area contributed by atoms with Gasteiger partial charge in [0, 0.05) is 55.9 Å². The maximum absolute atomic E-state index is 12.8. The van der Waals surface area contributed by atoms with Crippen LogP contribution in [0.15, 0.2) is 54.9 Å². The number of benzene rings is 3. The van der Waals surface area contributed by atoms with E-state index in [-0.39, 0.29) is 0 Å². The van der Waals surface area contributed by atoms with Gasteiger partial charge in [-0.2, -0.15) is 0 Å². The van der Waals surface area contributed by atoms with Crippen LogP contribution < -0.4 is 34.9 Å². The molecule has 2 aromatic heterocycles. The van der Waals surface area contributed by atoms with Crippen LogP contribution >= 0.6 is 11.3 Å². The van der Waals surface area contributed by atoms with E-state index < -0.39 is 6.03 Å². The third kappa shape index (κ3) is 7.73. The van der Waals surface area contributed by atoms with Crippen LogP contribution in [-0.2, 0) is 0 Å². The lowest BCUT2D eigenvalue weighted by molar-refractivity contribution is 0.145. The molecule has 14 heteroatoms. The van der Waals surface area contributed by atoms with E-state index in [1.807, 2.05) is 24.3 Å². The maximum Gasteiger partial charge on any atom is 0.323 e. The Balaban J connectivity index is 1.11. The van der Waals surface area contributed by atoms with Crippen LogP contribution in [-0.4, -0.2) is 98.5 Å². The fourth-order valence-corrected chi connectivity index (χ4v) is 6.23. The van der Waals surface area contributed by atoms with Crippen LogP contribution in [0.3, 0.4) is 0 Å². The number of likely N-dealkylation sites (N-methyl/N-ethyl adjacent to an activating group) is 1. The van der Waals surface area contributed by atoms with Gasteiger partial charge < -0.3 is 44.7 Å². The Kier molecular flexibility index (Phi) is 10.00. The number of nitrogens with one attached hydrogen (secondary N) is 3. The Morgan fingerprint density at radius 3 is 2.49 bits per heavy atom. The average molecular weight is 659 g/mol. The van der Waals surface area contributed by atoms with Gasteiger partial charge in [-0.05, 0) is 49.9 Å². The van der Waals surface area contributed by atoms with Crippen molar-refractivity contribution in [1.82, 2.24) is 24.8 Å². The smallest absolute Gasteiger partial charge is 0.323 e. The molecular formula is C33H38N8O5S. The molecule has 0 atom stereocenters. The lowest BCUT2D eigenvalue weighted by Crippen LogP contribution is -2.44. The first-order chi connectivity index (χ1) is 22.9. The number of piperazine rings is 1. The number of amides is 2. The van der Waals surface area contributed by atoms with Crippen LogP contribution in [0.25, 0.3) is 21.1 Å². The molecule has 1 saturated heterocycles. The second kappa shape index (κ2) is 14.7. The number of nitrogens with zero attached hydrogens (tertiary/aromatic N) is 5. The van der Waals surface area contributed by atoms with Crippen molar-refractivity contribution >= 4 is 60.8 Å². The zero-order valence-corrected chi connectivity index (χ0v) is 27.6. The molecule has 0 saturated carbocycles. The number of rotatable bonds is 12. The van der Waals surface area contributed by atoms with Crippen LogP contribution in [0.4, 0.5) is 27.1 Å². The summed E-state index contributed by atoms with van der Waals surface area (Å²) in [5.74, 6) is 2.98. The highest BCUT2D eigenvalue weighted by atomic mass is 32.1. The molecule has 1 aliphatic rings. The molecule has 5 aromatic rings. The molecular weight excluding hydrogens is 620 g/mol. The number of carbonyl (C=O) groups excluding carboxylic acids is 1. The number of carbonyl (C=O) groups is 1. The Labute approximate surface area is 276 Å². The quantitative estimate of drug-likeness (QED) is 0.143. The summed E-state index contributed by atoms with van der Waals surface area (Å²) in [7, 11) is 6.90. The van der Waals surface area contributed by atoms with E-state index in [9.17, 15) is 4.79 Å². The average Bonchev–Trinajstić information content (AvgIpc) is 3.49. The monoisotopic (exact) mass is 658 g/mol. The predicted molar refractivity (Wildman–Crippen MR) is 185 cm³/mol. The fraction of sp³-hybridized carbons (Fsp3) is 0.333. The van der Waals surface area contributed by atoms with E-state index in [1.54, 1.807) is 38.5 Å². The van der Waals surface area contributed by atoms with Crippen molar-refractivity contribution in [3.05, 3.63) is 54.9 Å². The molecule has 0 unspecified atom stereocenters. The summed E-state index contributed by atoms with van der Waals surface area (Å²) in [6, 6.07) is 14.1. The lowest BCUT2D eigenvalue weighted by atomic mass is 10.2. The minimum atomic E-state index is -0.407. The number of ether oxygens (including phenoxy) is 4. The topological polar surface area (TPSA) is 135 Å². The summed E-state index contributed by atoms with van der Waals surface area (Å²) in [4.78, 5) is 31.3. The van der Waals surface area contributed by atoms with Crippen molar-refractivity contribution in [3.8, 4) is 23.0 Å². The van der Waals surface area contributed by atoms with Crippen molar-refractivity contribution in [2.75, 3.05) is 83.7 Å². The molecule has 3 N–H and O–H groups in total. The van der Waals surface area contributed by atoms with E-state index in [0.29, 0.717) is 51.9 Å². The second-order valence-electron chi connectivity index (χ2n) is 11.1. The molecule has 2 amide bonds. The number of anilines is 4. The van der Waals surface area contributed by atoms with Crippen molar-refractivity contribution < 1.29 is 23.7 Å². The highest BCUT2D eigenvalue weighted by molar-refractivity contribution is 7.22. The molecule has 0 aliphatic carbocycles. The van der Waals surface area contributed by atoms with E-state index >= 15 is 0 Å². The number of hydrogen-bond donors (Lipinski definition) is 3. The molecule has 6 rings (SSSR count). The highest BCUT2D eigenvalue weighted by Crippen LogP contribution is 2.36. The van der Waals surface area contributed by atoms with Gasteiger partial charge >= 0.3 is 6.03 Å². The van der Waals surface area contributed by atoms with Gasteiger partial charge in [0.2, 0.25) is 0 Å². The van der Waals surface area contributed by atoms with E-state index in [4.69, 9.17) is 23.9 Å². The van der Waals surface area contributed by atoms with Crippen molar-refractivity contribution in [1.29, 1.82) is 0 Å². The van der Waals surface area contributed by atoms with Crippen LogP contribution in [0.2, 0.25) is 0 Å². The van der Waals surface area contributed by atoms with Crippen LogP contribution in [0, 0.1) is 0 Å². The fourth-order valence-electron chi connectivity index (χ4n) is 5.32. The zero-order valence-electron chi connectivity index (χ0n) is 26.8. The first kappa shape index (κ1) is 32.0. The minimum absolute atomic E-state index is 0.407. The van der Waals surface area contributed by atoms with Gasteiger partial charge in [0.05, 0.1) is 49.4 Å². The summed E-state index contributed by atoms with van der Waals surface area (Å²) in [6.07, 6.45) is 2.44. The standard InChI is InChI=1S/C33H38N8O5S/c1-40-11-13-41(14-12-40)10-5-15-46-29-19-26-23(18-28(29)45-4)31(35-20-34-26)39-33-38-25-8-6-21(16-30(25)47-33)36-32(42)37-24-9-7-22(43-2)17-27(24)44-3/h6-9,16-20H,5,10-15H2,1-4H3,(H2,36,37,42)(H,34,35,38,39). The maximum atomic E-state index is 12.8. The summed E-state index contributed by atoms with van der Waals surface area (Å²) < 4.78 is 23.3. The molecule has 0 spiro atoms. The van der Waals surface area contributed by atoms with Gasteiger partial charge in [0.15, 0.2) is 16.6 Å². The Bertz CT molecular complexity index is 1860. The van der Waals surface area contributed by atoms with Crippen molar-refractivity contribution in [2.24, 2.45) is 0 Å². The largest absolute Gasteiger partial charge is 0.497 e. The molecule has 3 aromatic carbocycles. The predicted octanol–water partition coefficient (Wildman–Crippen LogP) is 5.67. The van der Waals surface area contributed by atoms with Crippen LogP contribution in [0.1, 0.15) is 6.42 Å². The number of fused-ring (bicyclic) bond motifs is 2. The van der Waals surface area contributed by atoms with Gasteiger partial charge in [0.25, 0.3) is 0 Å². The highest BCUT2D eigenvalue weighted by Gasteiger charge is 2.16. The first-order valence-corrected chi connectivity index (χ1v) is 16.1. The molecule has 47 heavy (non-hydrogen) atoms. The van der Waals surface area contributed by atoms with E-state index in [1.165, 1.54) is 24.8 Å². The molecule has 13 nitrogen and oxygen atoms in total. The first-order valence-electron chi connectivity index (χ1n) is 15.3. The van der Waals surface area contributed by atoms with Crippen molar-refractivity contribution in [3.63, 3.8) is 0 Å². The number of aromatic nitrogens is 3. The van der Waals surface area contributed by atoms with Crippen molar-refractivity contribution in [2.45, 2.75) is 6.42 Å². The molecule has 0 bridgehead atoms. The van der Waals surface area contributed by atoms with Gasteiger partial charge in [0.1, 0.15) is 23.6 Å². The SMILES string of the molecule is COc1ccc(NC(=O)Nc2ccc3nc(Nc4ncnc5cc(OCCCN6CCN(C)CC6)c(OC)cc45)sc3c2)c(OC)c1. The molecule has 3 heterocycles. The number of methoxy groups -OCH3 is 3. The molecule has 1 aliphatic heterocycles. The zero-order chi connectivity index (χ0) is 32.8. The summed E-state index contributed by atoms with van der Waals surface area (Å²) >= 11 is 1.44. The van der Waals surface area contributed by atoms with Crippen LogP contribution in [0.5, 0.6) is 23.0 Å². The minimum Gasteiger partial charge on any atom is -0.497 e. The number of urea groups is 1. The third-order valence-electron chi connectivity index (χ3n) is 7.92. The second-order valence-corrected chi connectivity index (χ2v) is 12.1.